The molecule has 0 unspecified atom stereocenters. The number of carbonyl (C=O) groups is 1. The van der Waals surface area contributed by atoms with Gasteiger partial charge >= 0.3 is 0 Å². The lowest BCUT2D eigenvalue weighted by molar-refractivity contribution is 0.102. The fourth-order valence-electron chi connectivity index (χ4n) is 1.38. The van der Waals surface area contributed by atoms with Gasteiger partial charge in [-0.3, -0.25) is 10.1 Å². The molecule has 0 saturated carbocycles. The Labute approximate surface area is 119 Å². The van der Waals surface area contributed by atoms with E-state index in [1.807, 2.05) is 13.2 Å². The molecular weight excluding hydrogens is 282 g/mol. The van der Waals surface area contributed by atoms with E-state index in [9.17, 15) is 4.79 Å². The Hall–Kier alpha value is -1.60. The zero-order valence-electron chi connectivity index (χ0n) is 10.5. The molecule has 19 heavy (non-hydrogen) atoms. The van der Waals surface area contributed by atoms with E-state index >= 15 is 0 Å². The van der Waals surface area contributed by atoms with Crippen LogP contribution in [0.1, 0.15) is 17.3 Å². The normalized spacial score (nSPS) is 10.2. The van der Waals surface area contributed by atoms with Gasteiger partial charge in [0.1, 0.15) is 5.75 Å². The van der Waals surface area contributed by atoms with Gasteiger partial charge in [-0.2, -0.15) is 0 Å². The number of anilines is 1. The molecule has 0 aliphatic rings. The van der Waals surface area contributed by atoms with E-state index in [4.69, 9.17) is 4.74 Å². The van der Waals surface area contributed by atoms with Gasteiger partial charge in [-0.15, -0.1) is 10.2 Å². The van der Waals surface area contributed by atoms with Crippen molar-refractivity contribution in [2.45, 2.75) is 11.3 Å². The van der Waals surface area contributed by atoms with Gasteiger partial charge in [0, 0.05) is 5.56 Å². The number of nitrogens with zero attached hydrogens (tertiary/aromatic N) is 2. The number of amides is 1. The number of nitrogens with one attached hydrogen (secondary N) is 1. The van der Waals surface area contributed by atoms with Gasteiger partial charge in [0.15, 0.2) is 4.34 Å². The molecule has 1 aromatic heterocycles. The van der Waals surface area contributed by atoms with Crippen molar-refractivity contribution in [3.05, 3.63) is 29.8 Å². The van der Waals surface area contributed by atoms with Crippen LogP contribution in [-0.4, -0.2) is 29.0 Å². The number of hydrogen-bond acceptors (Lipinski definition) is 6. The second kappa shape index (κ2) is 6.53. The number of hydrogen-bond donors (Lipinski definition) is 1. The van der Waals surface area contributed by atoms with Crippen LogP contribution in [0.15, 0.2) is 28.6 Å². The molecule has 0 aliphatic carbocycles. The first-order valence-corrected chi connectivity index (χ1v) is 7.68. The molecule has 0 saturated heterocycles. The Bertz CT molecular complexity index is 554. The predicted octanol–water partition coefficient (Wildman–Crippen LogP) is 2.91. The Kier molecular flexibility index (Phi) is 4.75. The van der Waals surface area contributed by atoms with Crippen LogP contribution < -0.4 is 10.1 Å². The molecule has 1 heterocycles. The standard InChI is InChI=1S/C12H13N3O2S2/c1-3-17-9-6-4-8(5-7-9)10(16)13-11-14-15-12(18-2)19-11/h4-7H,3H2,1-2H3,(H,13,14,16). The number of ether oxygens (including phenoxy) is 1. The number of aromatic nitrogens is 2. The van der Waals surface area contributed by atoms with Gasteiger partial charge < -0.3 is 4.74 Å². The van der Waals surface area contributed by atoms with Crippen LogP contribution in [-0.2, 0) is 0 Å². The maximum Gasteiger partial charge on any atom is 0.257 e. The van der Waals surface area contributed by atoms with Crippen molar-refractivity contribution in [3.8, 4) is 5.75 Å². The van der Waals surface area contributed by atoms with E-state index < -0.39 is 0 Å². The molecule has 1 aromatic carbocycles. The van der Waals surface area contributed by atoms with E-state index in [0.29, 0.717) is 17.3 Å². The van der Waals surface area contributed by atoms with E-state index in [1.165, 1.54) is 23.1 Å². The van der Waals surface area contributed by atoms with E-state index in [-0.39, 0.29) is 5.91 Å². The summed E-state index contributed by atoms with van der Waals surface area (Å²) in [6.07, 6.45) is 1.92. The molecule has 0 fully saturated rings. The molecule has 7 heteroatoms. The van der Waals surface area contributed by atoms with Crippen molar-refractivity contribution >= 4 is 34.1 Å². The molecule has 1 N–H and O–H groups in total. The summed E-state index contributed by atoms with van der Waals surface area (Å²) in [7, 11) is 0. The Balaban J connectivity index is 2.02. The van der Waals surface area contributed by atoms with Crippen LogP contribution in [0.25, 0.3) is 0 Å². The Morgan fingerprint density at radius 2 is 2.11 bits per heavy atom. The lowest BCUT2D eigenvalue weighted by Crippen LogP contribution is -2.11. The van der Waals surface area contributed by atoms with Crippen molar-refractivity contribution < 1.29 is 9.53 Å². The van der Waals surface area contributed by atoms with E-state index in [1.54, 1.807) is 24.3 Å². The molecule has 0 atom stereocenters. The third-order valence-electron chi connectivity index (χ3n) is 2.23. The maximum atomic E-state index is 12.0. The highest BCUT2D eigenvalue weighted by Gasteiger charge is 2.09. The lowest BCUT2D eigenvalue weighted by atomic mass is 10.2. The lowest BCUT2D eigenvalue weighted by Gasteiger charge is -2.04. The first-order chi connectivity index (χ1) is 9.22. The molecular formula is C12H13N3O2S2. The minimum Gasteiger partial charge on any atom is -0.494 e. The second-order valence-corrected chi connectivity index (χ2v) is 5.52. The van der Waals surface area contributed by atoms with Crippen LogP contribution in [0.5, 0.6) is 5.75 Å². The molecule has 5 nitrogen and oxygen atoms in total. The van der Waals surface area contributed by atoms with Crippen molar-refractivity contribution in [1.82, 2.24) is 10.2 Å². The summed E-state index contributed by atoms with van der Waals surface area (Å²) in [6.45, 7) is 2.52. The zero-order chi connectivity index (χ0) is 13.7. The summed E-state index contributed by atoms with van der Waals surface area (Å²) in [6, 6.07) is 6.98. The molecule has 2 rings (SSSR count). The van der Waals surface area contributed by atoms with Gasteiger partial charge in [-0.05, 0) is 37.4 Å². The number of benzene rings is 1. The Morgan fingerprint density at radius 3 is 2.68 bits per heavy atom. The molecule has 0 bridgehead atoms. The van der Waals surface area contributed by atoms with Gasteiger partial charge in [-0.1, -0.05) is 23.1 Å². The fraction of sp³-hybridized carbons (Fsp3) is 0.250. The first kappa shape index (κ1) is 13.8. The monoisotopic (exact) mass is 295 g/mol. The third-order valence-corrected chi connectivity index (χ3v) is 4.04. The molecule has 2 aromatic rings. The van der Waals surface area contributed by atoms with Crippen LogP contribution in [0.3, 0.4) is 0 Å². The summed E-state index contributed by atoms with van der Waals surface area (Å²) in [5.41, 5.74) is 0.560. The fourth-order valence-corrected chi connectivity index (χ4v) is 2.55. The summed E-state index contributed by atoms with van der Waals surface area (Å²) in [4.78, 5) is 12.0. The predicted molar refractivity (Wildman–Crippen MR) is 77.3 cm³/mol. The SMILES string of the molecule is CCOc1ccc(C(=O)Nc2nnc(SC)s2)cc1. The van der Waals surface area contributed by atoms with Crippen LogP contribution in [0.4, 0.5) is 5.13 Å². The highest BCUT2D eigenvalue weighted by Crippen LogP contribution is 2.23. The number of thioether (sulfide) groups is 1. The average molecular weight is 295 g/mol. The number of carbonyl (C=O) groups excluding carboxylic acids is 1. The van der Waals surface area contributed by atoms with E-state index in [2.05, 4.69) is 15.5 Å². The molecule has 0 aliphatic heterocycles. The highest BCUT2D eigenvalue weighted by molar-refractivity contribution is 8.00. The minimum atomic E-state index is -0.202. The van der Waals surface area contributed by atoms with Gasteiger partial charge in [0.25, 0.3) is 5.91 Å². The van der Waals surface area contributed by atoms with Crippen molar-refractivity contribution in [3.63, 3.8) is 0 Å². The minimum absolute atomic E-state index is 0.202. The quantitative estimate of drug-likeness (QED) is 0.678. The van der Waals surface area contributed by atoms with Crippen molar-refractivity contribution in [1.29, 1.82) is 0 Å². The van der Waals surface area contributed by atoms with E-state index in [0.717, 1.165) is 10.1 Å². The molecule has 1 amide bonds. The first-order valence-electron chi connectivity index (χ1n) is 5.64. The van der Waals surface area contributed by atoms with Gasteiger partial charge in [0.2, 0.25) is 5.13 Å². The van der Waals surface area contributed by atoms with Crippen LogP contribution >= 0.6 is 23.1 Å². The van der Waals surface area contributed by atoms with Crippen molar-refractivity contribution in [2.24, 2.45) is 0 Å². The molecule has 0 spiro atoms. The molecule has 0 radical (unpaired) electrons. The average Bonchev–Trinajstić information content (AvgIpc) is 2.87. The number of rotatable bonds is 5. The summed E-state index contributed by atoms with van der Waals surface area (Å²) in [5, 5.41) is 11.0. The second-order valence-electron chi connectivity index (χ2n) is 3.49. The van der Waals surface area contributed by atoms with Crippen LogP contribution in [0.2, 0.25) is 0 Å². The summed E-state index contributed by atoms with van der Waals surface area (Å²) >= 11 is 2.85. The topological polar surface area (TPSA) is 64.1 Å². The third kappa shape index (κ3) is 3.68. The summed E-state index contributed by atoms with van der Waals surface area (Å²) < 4.78 is 6.14. The smallest absolute Gasteiger partial charge is 0.257 e. The van der Waals surface area contributed by atoms with Crippen LogP contribution in [0, 0.1) is 0 Å². The molecule has 100 valence electrons. The van der Waals surface area contributed by atoms with Crippen molar-refractivity contribution in [2.75, 3.05) is 18.2 Å². The van der Waals surface area contributed by atoms with Gasteiger partial charge in [-0.25, -0.2) is 0 Å². The Morgan fingerprint density at radius 1 is 1.37 bits per heavy atom. The summed E-state index contributed by atoms with van der Waals surface area (Å²) in [5.74, 6) is 0.548. The maximum absolute atomic E-state index is 12.0. The highest BCUT2D eigenvalue weighted by atomic mass is 32.2. The zero-order valence-corrected chi connectivity index (χ0v) is 12.2. The van der Waals surface area contributed by atoms with Gasteiger partial charge in [0.05, 0.1) is 6.61 Å². The largest absolute Gasteiger partial charge is 0.494 e.